The molecule has 3 aromatic rings. The number of halogens is 1. The smallest absolute Gasteiger partial charge is 0.156 e. The molecule has 0 radical (unpaired) electrons. The molecule has 2 saturated carbocycles. The molecule has 4 aliphatic rings. The van der Waals surface area contributed by atoms with Gasteiger partial charge < -0.3 is 25.4 Å². The fourth-order valence-electron chi connectivity index (χ4n) is 10.2. The maximum Gasteiger partial charge on any atom is 0.156 e. The van der Waals surface area contributed by atoms with E-state index in [0.717, 1.165) is 84.9 Å². The second-order valence-electron chi connectivity index (χ2n) is 16.8. The second kappa shape index (κ2) is 15.3. The summed E-state index contributed by atoms with van der Waals surface area (Å²) >= 11 is 7.34. The van der Waals surface area contributed by atoms with Crippen molar-refractivity contribution in [1.82, 2.24) is 24.7 Å². The molecule has 2 unspecified atom stereocenters. The highest BCUT2D eigenvalue weighted by molar-refractivity contribution is 6.36. The normalized spacial score (nSPS) is 24.1. The van der Waals surface area contributed by atoms with Crippen LogP contribution in [0.15, 0.2) is 79.3 Å². The summed E-state index contributed by atoms with van der Waals surface area (Å²) in [5, 5.41) is 11.7. The van der Waals surface area contributed by atoms with Gasteiger partial charge in [-0.3, -0.25) is 4.90 Å². The number of likely N-dealkylation sites (N-methyl/N-ethyl adjacent to an activating group) is 1. The summed E-state index contributed by atoms with van der Waals surface area (Å²) in [5.74, 6) is 1.16. The molecule has 288 valence electrons. The quantitative estimate of drug-likeness (QED) is 0.135. The molecule has 2 fully saturated rings. The third-order valence-corrected chi connectivity index (χ3v) is 13.8. The Hall–Kier alpha value is -3.94. The highest BCUT2D eigenvalue weighted by atomic mass is 35.5. The van der Waals surface area contributed by atoms with Crippen LogP contribution in [0.3, 0.4) is 0 Å². The monoisotopic (exact) mass is 747 g/mol. The van der Waals surface area contributed by atoms with Crippen LogP contribution in [0.2, 0.25) is 5.02 Å². The number of hydrogen-bond acceptors (Lipinski definition) is 6. The number of anilines is 2. The van der Waals surface area contributed by atoms with Crippen molar-refractivity contribution in [3.05, 3.63) is 107 Å². The minimum absolute atomic E-state index is 0.0103. The molecule has 2 aliphatic heterocycles. The predicted octanol–water partition coefficient (Wildman–Crippen LogP) is 11.0. The lowest BCUT2D eigenvalue weighted by molar-refractivity contribution is 0.139. The van der Waals surface area contributed by atoms with E-state index in [9.17, 15) is 0 Å². The van der Waals surface area contributed by atoms with Gasteiger partial charge in [0.2, 0.25) is 0 Å². The van der Waals surface area contributed by atoms with Gasteiger partial charge in [0.25, 0.3) is 0 Å². The lowest BCUT2D eigenvalue weighted by Crippen LogP contribution is -2.39. The molecule has 3 N–H and O–H groups in total. The van der Waals surface area contributed by atoms with E-state index in [4.69, 9.17) is 16.6 Å². The first kappa shape index (κ1) is 38.3. The summed E-state index contributed by atoms with van der Waals surface area (Å²) in [5.41, 5.74) is 12.9. The number of nitrogens with one attached hydrogen (secondary N) is 3. The average Bonchev–Trinajstić information content (AvgIpc) is 3.91. The Bertz CT molecular complexity index is 1960. The third-order valence-electron chi connectivity index (χ3n) is 13.4. The molecule has 0 saturated heterocycles. The molecule has 1 aromatic heterocycles. The Morgan fingerprint density at radius 3 is 2.43 bits per heavy atom. The van der Waals surface area contributed by atoms with Gasteiger partial charge in [-0.25, -0.2) is 4.98 Å². The number of benzene rings is 2. The molecule has 2 aliphatic carbocycles. The van der Waals surface area contributed by atoms with Crippen LogP contribution >= 0.6 is 11.6 Å². The van der Waals surface area contributed by atoms with Gasteiger partial charge >= 0.3 is 0 Å². The molecular formula is C46H62ClN7. The van der Waals surface area contributed by atoms with Crippen LogP contribution < -0.4 is 16.0 Å². The van der Waals surface area contributed by atoms with Crippen LogP contribution in [0.5, 0.6) is 0 Å². The van der Waals surface area contributed by atoms with Crippen molar-refractivity contribution in [2.45, 2.75) is 111 Å². The molecule has 2 atom stereocenters. The molecular weight excluding hydrogens is 686 g/mol. The van der Waals surface area contributed by atoms with Crippen molar-refractivity contribution in [2.24, 2.45) is 17.9 Å². The Kier molecular flexibility index (Phi) is 10.9. The van der Waals surface area contributed by atoms with Gasteiger partial charge in [-0.05, 0) is 91.4 Å². The van der Waals surface area contributed by atoms with Crippen LogP contribution in [-0.2, 0) is 20.0 Å². The molecule has 7 rings (SSSR count). The van der Waals surface area contributed by atoms with Crippen molar-refractivity contribution >= 4 is 28.7 Å². The van der Waals surface area contributed by atoms with E-state index in [1.165, 1.54) is 67.0 Å². The van der Waals surface area contributed by atoms with Crippen molar-refractivity contribution in [3.63, 3.8) is 0 Å². The van der Waals surface area contributed by atoms with Gasteiger partial charge in [0.05, 0.1) is 27.8 Å². The van der Waals surface area contributed by atoms with Crippen LogP contribution in [0.1, 0.15) is 114 Å². The maximum absolute atomic E-state index is 7.34. The third kappa shape index (κ3) is 6.92. The molecule has 2 aromatic carbocycles. The van der Waals surface area contributed by atoms with Crippen molar-refractivity contribution in [1.29, 1.82) is 0 Å². The average molecular weight is 749 g/mol. The van der Waals surface area contributed by atoms with Gasteiger partial charge in [-0.1, -0.05) is 89.2 Å². The van der Waals surface area contributed by atoms with E-state index in [2.05, 4.69) is 128 Å². The standard InChI is InChI=1S/C46H62ClN7/c1-10-16-39-35(12-3)50-43(52(39)8)31(6)48-36-19-14-17-33(41(36)30(5)11-2)34-18-15-20-37(42(34)47)49-32(7)44-51-38-27-54(26-21-40(38)53(44)9)29-46-24-22-45(13-4,28-46)23-25-46/h13-15,17-20,30,43,48-50H,4,6-7,10-12,16,21-29H2,1-3,5,8-9H3. The zero-order valence-electron chi connectivity index (χ0n) is 33.7. The van der Waals surface area contributed by atoms with Gasteiger partial charge in [0.1, 0.15) is 6.17 Å². The summed E-state index contributed by atoms with van der Waals surface area (Å²) < 4.78 is 2.23. The molecule has 0 spiro atoms. The second-order valence-corrected chi connectivity index (χ2v) is 17.2. The van der Waals surface area contributed by atoms with Crippen LogP contribution in [-0.4, -0.2) is 45.7 Å². The minimum Gasteiger partial charge on any atom is -0.362 e. The molecule has 0 amide bonds. The van der Waals surface area contributed by atoms with E-state index in [-0.39, 0.29) is 6.17 Å². The molecule has 8 heteroatoms. The van der Waals surface area contributed by atoms with Crippen LogP contribution in [0, 0.1) is 10.8 Å². The first-order chi connectivity index (χ1) is 26.0. The van der Waals surface area contributed by atoms with E-state index < -0.39 is 0 Å². The zero-order valence-corrected chi connectivity index (χ0v) is 34.4. The van der Waals surface area contributed by atoms with E-state index in [0.29, 0.717) is 21.8 Å². The fraction of sp³-hybridized carbons (Fsp3) is 0.500. The number of aromatic nitrogens is 2. The number of rotatable bonds is 15. The Labute approximate surface area is 329 Å². The van der Waals surface area contributed by atoms with Crippen molar-refractivity contribution < 1.29 is 0 Å². The highest BCUT2D eigenvalue weighted by Crippen LogP contribution is 2.62. The number of allylic oxidation sites excluding steroid dienone is 3. The lowest BCUT2D eigenvalue weighted by atomic mass is 9.81. The van der Waals surface area contributed by atoms with E-state index >= 15 is 0 Å². The van der Waals surface area contributed by atoms with Crippen molar-refractivity contribution in [3.8, 4) is 11.1 Å². The van der Waals surface area contributed by atoms with Gasteiger partial charge in [-0.15, -0.1) is 6.58 Å². The number of fused-ring (bicyclic) bond motifs is 3. The Morgan fingerprint density at radius 1 is 1.04 bits per heavy atom. The minimum atomic E-state index is -0.0103. The number of hydrogen-bond donors (Lipinski definition) is 3. The summed E-state index contributed by atoms with van der Waals surface area (Å²) in [4.78, 5) is 10.2. The van der Waals surface area contributed by atoms with E-state index in [1.807, 2.05) is 6.07 Å². The van der Waals surface area contributed by atoms with Crippen LogP contribution in [0.4, 0.5) is 11.4 Å². The Morgan fingerprint density at radius 2 is 1.76 bits per heavy atom. The Balaban J connectivity index is 1.09. The molecule has 7 nitrogen and oxygen atoms in total. The summed E-state index contributed by atoms with van der Waals surface area (Å²) in [6.45, 7) is 25.4. The first-order valence-corrected chi connectivity index (χ1v) is 20.8. The van der Waals surface area contributed by atoms with Gasteiger partial charge in [0, 0.05) is 68.5 Å². The van der Waals surface area contributed by atoms with Crippen molar-refractivity contribution in [2.75, 3.05) is 30.8 Å². The molecule has 3 heterocycles. The summed E-state index contributed by atoms with van der Waals surface area (Å²) in [6.07, 6.45) is 14.0. The first-order valence-electron chi connectivity index (χ1n) is 20.4. The summed E-state index contributed by atoms with van der Waals surface area (Å²) in [7, 11) is 4.30. The number of nitrogens with zero attached hydrogens (tertiary/aromatic N) is 4. The SMILES string of the molecule is C=CC12CCC(CN3CCc4c(nc(C(=C)Nc5cccc(-c6cccc(NC(=C)C7NC(CC)=C(CCC)N7C)c6C(C)CC)c5Cl)n4C)C3)(CC1)C2. The largest absolute Gasteiger partial charge is 0.362 e. The zero-order chi connectivity index (χ0) is 38.4. The van der Waals surface area contributed by atoms with Gasteiger partial charge in [0.15, 0.2) is 5.82 Å². The van der Waals surface area contributed by atoms with Gasteiger partial charge in [-0.2, -0.15) is 0 Å². The van der Waals surface area contributed by atoms with E-state index in [1.54, 1.807) is 0 Å². The number of imidazole rings is 1. The molecule has 54 heavy (non-hydrogen) atoms. The topological polar surface area (TPSA) is 60.4 Å². The van der Waals surface area contributed by atoms with Crippen LogP contribution in [0.25, 0.3) is 16.8 Å². The molecule has 2 bridgehead atoms. The predicted molar refractivity (Wildman–Crippen MR) is 228 cm³/mol. The maximum atomic E-state index is 7.34. The highest BCUT2D eigenvalue weighted by Gasteiger charge is 2.53. The fourth-order valence-corrected chi connectivity index (χ4v) is 10.5. The summed E-state index contributed by atoms with van der Waals surface area (Å²) in [6, 6.07) is 12.7. The lowest BCUT2D eigenvalue weighted by Gasteiger charge is -2.35.